The van der Waals surface area contributed by atoms with Crippen molar-refractivity contribution in [3.63, 3.8) is 0 Å². The van der Waals surface area contributed by atoms with Crippen LogP contribution in [0.25, 0.3) is 0 Å². The first-order valence-corrected chi connectivity index (χ1v) is 7.69. The summed E-state index contributed by atoms with van der Waals surface area (Å²) in [7, 11) is 0. The fourth-order valence-corrected chi connectivity index (χ4v) is 1.99. The number of rotatable bonds is 8. The van der Waals surface area contributed by atoms with E-state index in [1.165, 1.54) is 44.9 Å². The zero-order valence-electron chi connectivity index (χ0n) is 13.2. The van der Waals surface area contributed by atoms with Crippen molar-refractivity contribution in [2.24, 2.45) is 0 Å². The molecule has 2 rings (SSSR count). The van der Waals surface area contributed by atoms with Crippen LogP contribution in [0.4, 0.5) is 0 Å². The molecule has 0 unspecified atom stereocenters. The second-order valence-corrected chi connectivity index (χ2v) is 5.11. The largest absolute Gasteiger partial charge is 0.508 e. The van der Waals surface area contributed by atoms with Gasteiger partial charge < -0.3 is 9.84 Å². The Kier molecular flexibility index (Phi) is 13.9. The quantitative estimate of drug-likeness (QED) is 0.439. The Morgan fingerprint density at radius 3 is 2.05 bits per heavy atom. The van der Waals surface area contributed by atoms with Crippen molar-refractivity contribution < 1.29 is 9.84 Å². The van der Waals surface area contributed by atoms with E-state index >= 15 is 0 Å². The fraction of sp³-hybridized carbons (Fsp3) is 0.647. The molecule has 109 valence electrons. The molecule has 2 nitrogen and oxygen atoms in total. The molecule has 0 aliphatic carbocycles. The van der Waals surface area contributed by atoms with Gasteiger partial charge in [0.15, 0.2) is 0 Å². The molecular formula is C17H28NaO2. The number of unbranched alkanes of at least 4 members (excludes halogenated alkanes) is 6. The minimum Gasteiger partial charge on any atom is -0.508 e. The molecule has 0 aromatic heterocycles. The first-order valence-electron chi connectivity index (χ1n) is 7.69. The van der Waals surface area contributed by atoms with Crippen LogP contribution >= 0.6 is 0 Å². The number of hydrogen-bond donors (Lipinski definition) is 1. The third kappa shape index (κ3) is 11.8. The molecule has 1 radical (unpaired) electrons. The van der Waals surface area contributed by atoms with Gasteiger partial charge in [-0.05, 0) is 24.5 Å². The summed E-state index contributed by atoms with van der Waals surface area (Å²) in [6, 6.07) is 7.67. The molecule has 0 spiro atoms. The van der Waals surface area contributed by atoms with Crippen LogP contribution in [0.5, 0.6) is 5.75 Å². The van der Waals surface area contributed by atoms with E-state index in [4.69, 9.17) is 0 Å². The van der Waals surface area contributed by atoms with Gasteiger partial charge in [0.25, 0.3) is 0 Å². The maximum Gasteiger partial charge on any atom is 0.118 e. The van der Waals surface area contributed by atoms with Crippen molar-refractivity contribution in [1.29, 1.82) is 0 Å². The molecule has 0 atom stereocenters. The molecule has 1 aliphatic rings. The average Bonchev–Trinajstić information content (AvgIpc) is 3.28. The van der Waals surface area contributed by atoms with Gasteiger partial charge in [0.05, 0.1) is 13.2 Å². The van der Waals surface area contributed by atoms with Crippen LogP contribution < -0.4 is 0 Å². The van der Waals surface area contributed by atoms with Crippen LogP contribution in [0.15, 0.2) is 24.3 Å². The number of aryl methyl sites for hydroxylation is 1. The number of para-hydroxylation sites is 1. The zero-order chi connectivity index (χ0) is 13.8. The minimum atomic E-state index is 0. The molecule has 20 heavy (non-hydrogen) atoms. The Morgan fingerprint density at radius 2 is 1.50 bits per heavy atom. The molecule has 1 fully saturated rings. The van der Waals surface area contributed by atoms with Crippen molar-refractivity contribution in [2.75, 3.05) is 13.2 Å². The van der Waals surface area contributed by atoms with E-state index in [1.807, 2.05) is 18.2 Å². The van der Waals surface area contributed by atoms with Gasteiger partial charge >= 0.3 is 0 Å². The predicted octanol–water partition coefficient (Wildman–Crippen LogP) is 4.32. The maximum atomic E-state index is 9.58. The topological polar surface area (TPSA) is 32.8 Å². The molecule has 0 bridgehead atoms. The van der Waals surface area contributed by atoms with Crippen molar-refractivity contribution in [3.05, 3.63) is 29.8 Å². The van der Waals surface area contributed by atoms with Gasteiger partial charge in [0.2, 0.25) is 0 Å². The van der Waals surface area contributed by atoms with Gasteiger partial charge in [-0.25, -0.2) is 0 Å². The third-order valence-corrected chi connectivity index (χ3v) is 3.25. The SMILES string of the molecule is C1CO1.CCCCCCCCCc1ccccc1O.[Na]. The van der Waals surface area contributed by atoms with Crippen molar-refractivity contribution >= 4 is 29.6 Å². The van der Waals surface area contributed by atoms with Gasteiger partial charge in [0.1, 0.15) is 5.75 Å². The minimum absolute atomic E-state index is 0. The number of phenolic OH excluding ortho intramolecular Hbond substituents is 1. The second kappa shape index (κ2) is 13.9. The standard InChI is InChI=1S/C15H24O.C2H4O.Na/c1-2-3-4-5-6-7-8-11-14-12-9-10-13-15(14)16;1-2-3-1;/h9-10,12-13,16H,2-8,11H2,1H3;1-2H2;. The zero-order valence-corrected chi connectivity index (χ0v) is 15.2. The second-order valence-electron chi connectivity index (χ2n) is 5.11. The smallest absolute Gasteiger partial charge is 0.118 e. The van der Waals surface area contributed by atoms with Crippen molar-refractivity contribution in [3.8, 4) is 5.75 Å². The van der Waals surface area contributed by atoms with Gasteiger partial charge in [0, 0.05) is 29.6 Å². The molecule has 0 amide bonds. The van der Waals surface area contributed by atoms with Crippen LogP contribution in [0.2, 0.25) is 0 Å². The van der Waals surface area contributed by atoms with Crippen LogP contribution in [0.3, 0.4) is 0 Å². The van der Waals surface area contributed by atoms with Crippen molar-refractivity contribution in [2.45, 2.75) is 58.3 Å². The van der Waals surface area contributed by atoms with Crippen LogP contribution in [0, 0.1) is 0 Å². The number of phenols is 1. The number of epoxide rings is 1. The van der Waals surface area contributed by atoms with Crippen molar-refractivity contribution in [1.82, 2.24) is 0 Å². The monoisotopic (exact) mass is 287 g/mol. The molecule has 1 N–H and O–H groups in total. The van der Waals surface area contributed by atoms with E-state index in [0.29, 0.717) is 5.75 Å². The first kappa shape index (κ1) is 20.0. The summed E-state index contributed by atoms with van der Waals surface area (Å²) in [5, 5.41) is 9.58. The molecule has 1 aromatic rings. The van der Waals surface area contributed by atoms with Crippen LogP contribution in [0.1, 0.15) is 57.4 Å². The van der Waals surface area contributed by atoms with Gasteiger partial charge in [-0.15, -0.1) is 0 Å². The van der Waals surface area contributed by atoms with E-state index in [9.17, 15) is 5.11 Å². The Bertz CT molecular complexity index is 324. The molecule has 1 aromatic carbocycles. The number of aromatic hydroxyl groups is 1. The van der Waals surface area contributed by atoms with E-state index in [1.54, 1.807) is 6.07 Å². The van der Waals surface area contributed by atoms with Gasteiger partial charge in [-0.3, -0.25) is 0 Å². The Balaban J connectivity index is 0.000000794. The molecule has 1 aliphatic heterocycles. The number of hydrogen-bond acceptors (Lipinski definition) is 2. The van der Waals surface area contributed by atoms with Crippen LogP contribution in [-0.2, 0) is 11.2 Å². The number of benzene rings is 1. The van der Waals surface area contributed by atoms with E-state index in [2.05, 4.69) is 11.7 Å². The first-order chi connectivity index (χ1) is 9.34. The van der Waals surface area contributed by atoms with E-state index in [-0.39, 0.29) is 29.6 Å². The predicted molar refractivity (Wildman–Crippen MR) is 86.4 cm³/mol. The maximum absolute atomic E-state index is 9.58. The molecule has 1 saturated heterocycles. The molecule has 3 heteroatoms. The van der Waals surface area contributed by atoms with Gasteiger partial charge in [-0.2, -0.15) is 0 Å². The normalized spacial score (nSPS) is 12.1. The molecule has 1 heterocycles. The number of ether oxygens (including phenoxy) is 1. The Morgan fingerprint density at radius 1 is 0.950 bits per heavy atom. The summed E-state index contributed by atoms with van der Waals surface area (Å²) >= 11 is 0. The summed E-state index contributed by atoms with van der Waals surface area (Å²) in [6.45, 7) is 4.25. The van der Waals surface area contributed by atoms with E-state index in [0.717, 1.165) is 25.2 Å². The van der Waals surface area contributed by atoms with Crippen LogP contribution in [-0.4, -0.2) is 47.9 Å². The summed E-state index contributed by atoms with van der Waals surface area (Å²) in [5.41, 5.74) is 1.09. The average molecular weight is 287 g/mol. The third-order valence-electron chi connectivity index (χ3n) is 3.25. The van der Waals surface area contributed by atoms with Gasteiger partial charge in [-0.1, -0.05) is 63.6 Å². The molecule has 0 saturated carbocycles. The summed E-state index contributed by atoms with van der Waals surface area (Å²) < 4.78 is 4.50. The Hall–Kier alpha value is -0.0200. The van der Waals surface area contributed by atoms with E-state index < -0.39 is 0 Å². The fourth-order valence-electron chi connectivity index (χ4n) is 1.99. The summed E-state index contributed by atoms with van der Waals surface area (Å²) in [6.07, 6.45) is 10.3. The summed E-state index contributed by atoms with van der Waals surface area (Å²) in [4.78, 5) is 0. The molecular weight excluding hydrogens is 259 g/mol. The Labute approximate surface area is 146 Å². The summed E-state index contributed by atoms with van der Waals surface area (Å²) in [5.74, 6) is 0.452.